The van der Waals surface area contributed by atoms with E-state index in [0.717, 1.165) is 18.4 Å². The molecular formula is C44H83N3O2. The number of aromatic nitrogens is 2. The van der Waals surface area contributed by atoms with E-state index < -0.39 is 0 Å². The number of allylic oxidation sites excluding steroid dienone is 2. The molecule has 5 nitrogen and oxygen atoms in total. The van der Waals surface area contributed by atoms with Gasteiger partial charge in [-0.25, -0.2) is 0 Å². The lowest BCUT2D eigenvalue weighted by molar-refractivity contribution is 0.595. The van der Waals surface area contributed by atoms with Crippen LogP contribution in [0.15, 0.2) is 88.9 Å². The van der Waals surface area contributed by atoms with Crippen molar-refractivity contribution in [3.05, 3.63) is 105 Å². The summed E-state index contributed by atoms with van der Waals surface area (Å²) in [5.41, 5.74) is 4.62. The van der Waals surface area contributed by atoms with Crippen molar-refractivity contribution < 1.29 is 0 Å². The smallest absolute Gasteiger partial charge is 0.250 e. The van der Waals surface area contributed by atoms with E-state index in [2.05, 4.69) is 86.0 Å². The summed E-state index contributed by atoms with van der Waals surface area (Å²) >= 11 is 0. The highest BCUT2D eigenvalue weighted by molar-refractivity contribution is 5.13. The number of aryl methyl sites for hydroxylation is 1. The Balaban J connectivity index is -0.000000162. The van der Waals surface area contributed by atoms with E-state index in [4.69, 9.17) is 0 Å². The van der Waals surface area contributed by atoms with E-state index in [9.17, 15) is 9.59 Å². The van der Waals surface area contributed by atoms with Crippen molar-refractivity contribution in [1.29, 1.82) is 0 Å². The monoisotopic (exact) mass is 686 g/mol. The Labute approximate surface area is 306 Å². The zero-order chi connectivity index (χ0) is 39.4. The molecule has 4 rings (SSSR count). The van der Waals surface area contributed by atoms with Gasteiger partial charge in [0, 0.05) is 56.4 Å². The van der Waals surface area contributed by atoms with Crippen molar-refractivity contribution in [2.75, 3.05) is 13.1 Å². The molecule has 0 saturated carbocycles. The van der Waals surface area contributed by atoms with Gasteiger partial charge >= 0.3 is 0 Å². The van der Waals surface area contributed by atoms with Crippen molar-refractivity contribution in [2.45, 2.75) is 155 Å². The summed E-state index contributed by atoms with van der Waals surface area (Å²) in [5.74, 6) is 2.04. The topological polar surface area (TPSA) is 56.0 Å². The second kappa shape index (κ2) is 39.5. The Kier molecular flexibility index (Phi) is 44.8. The van der Waals surface area contributed by atoms with Gasteiger partial charge in [0.1, 0.15) is 0 Å². The van der Waals surface area contributed by atoms with Gasteiger partial charge in [-0.05, 0) is 75.8 Å². The fourth-order valence-electron chi connectivity index (χ4n) is 4.28. The first-order chi connectivity index (χ1) is 23.4. The molecule has 286 valence electrons. The summed E-state index contributed by atoms with van der Waals surface area (Å²) in [7, 11) is 1.77. The quantitative estimate of drug-likeness (QED) is 0.326. The van der Waals surface area contributed by atoms with Crippen molar-refractivity contribution in [3.8, 4) is 0 Å². The van der Waals surface area contributed by atoms with Crippen LogP contribution in [0, 0.1) is 11.8 Å². The van der Waals surface area contributed by atoms with Gasteiger partial charge in [-0.1, -0.05) is 126 Å². The average molecular weight is 686 g/mol. The number of nitrogens with one attached hydrogen (secondary N) is 1. The average Bonchev–Trinajstić information content (AvgIpc) is 3.15. The van der Waals surface area contributed by atoms with Gasteiger partial charge in [0.05, 0.1) is 0 Å². The van der Waals surface area contributed by atoms with Gasteiger partial charge in [-0.15, -0.1) is 13.2 Å². The van der Waals surface area contributed by atoms with Crippen LogP contribution in [0.25, 0.3) is 0 Å². The molecule has 0 atom stereocenters. The third-order valence-electron chi connectivity index (χ3n) is 7.10. The molecule has 2 aliphatic rings. The van der Waals surface area contributed by atoms with Crippen LogP contribution < -0.4 is 16.3 Å². The van der Waals surface area contributed by atoms with Gasteiger partial charge in [0.25, 0.3) is 0 Å². The number of pyridine rings is 2. The maximum absolute atomic E-state index is 11.0. The summed E-state index contributed by atoms with van der Waals surface area (Å²) in [6.45, 7) is 41.7. The summed E-state index contributed by atoms with van der Waals surface area (Å²) in [6.07, 6.45) is 17.0. The maximum Gasteiger partial charge on any atom is 0.250 e. The second-order valence-corrected chi connectivity index (χ2v) is 11.7. The van der Waals surface area contributed by atoms with E-state index in [1.807, 2.05) is 72.2 Å². The summed E-state index contributed by atoms with van der Waals surface area (Å²) < 4.78 is 3.59. The molecule has 0 bridgehead atoms. The molecule has 2 aromatic rings. The fraction of sp³-hybridized carbons (Fsp3) is 0.636. The van der Waals surface area contributed by atoms with E-state index >= 15 is 0 Å². The Morgan fingerprint density at radius 1 is 0.653 bits per heavy atom. The first kappa shape index (κ1) is 55.5. The predicted octanol–water partition coefficient (Wildman–Crippen LogP) is 12.5. The van der Waals surface area contributed by atoms with Crippen LogP contribution in [0.3, 0.4) is 0 Å². The van der Waals surface area contributed by atoms with E-state index in [1.54, 1.807) is 53.4 Å². The van der Waals surface area contributed by atoms with Crippen molar-refractivity contribution in [3.63, 3.8) is 0 Å². The first-order valence-electron chi connectivity index (χ1n) is 19.3. The minimum absolute atomic E-state index is 0.0504. The molecule has 0 spiro atoms. The van der Waals surface area contributed by atoms with Crippen LogP contribution in [0.2, 0.25) is 0 Å². The maximum atomic E-state index is 11.0. The van der Waals surface area contributed by atoms with Crippen LogP contribution in [0.1, 0.15) is 160 Å². The molecule has 2 aromatic heterocycles. The van der Waals surface area contributed by atoms with Crippen molar-refractivity contribution in [1.82, 2.24) is 14.5 Å². The fourth-order valence-corrected chi connectivity index (χ4v) is 4.28. The SMILES string of the molecule is C=C.CC.CC.CC.CC.CC(C)C1=CCCCC1.CC(C)C1=CCNCC1.CC(C)c1ccc(=O)n(C)c1.CC(C)n1ccc(=O)cc1. The number of rotatable bonds is 4. The van der Waals surface area contributed by atoms with Crippen LogP contribution >= 0.6 is 0 Å². The third-order valence-corrected chi connectivity index (χ3v) is 7.10. The number of hydrogen-bond donors (Lipinski definition) is 1. The molecule has 0 fully saturated rings. The van der Waals surface area contributed by atoms with Gasteiger partial charge in [0.15, 0.2) is 5.43 Å². The van der Waals surface area contributed by atoms with Gasteiger partial charge < -0.3 is 14.5 Å². The molecule has 0 radical (unpaired) electrons. The first-order valence-corrected chi connectivity index (χ1v) is 19.3. The molecule has 3 heterocycles. The highest BCUT2D eigenvalue weighted by Crippen LogP contribution is 2.23. The molecule has 1 aliphatic heterocycles. The van der Waals surface area contributed by atoms with E-state index in [1.165, 1.54) is 44.2 Å². The molecular weight excluding hydrogens is 603 g/mol. The number of nitrogens with zero attached hydrogens (tertiary/aromatic N) is 2. The molecule has 0 amide bonds. The van der Waals surface area contributed by atoms with Crippen LogP contribution in [0.4, 0.5) is 0 Å². The molecule has 0 saturated heterocycles. The highest BCUT2D eigenvalue weighted by Gasteiger charge is 2.06. The Hall–Kier alpha value is -2.92. The third kappa shape index (κ3) is 30.8. The molecule has 0 aromatic carbocycles. The zero-order valence-electron chi connectivity index (χ0n) is 35.6. The lowest BCUT2D eigenvalue weighted by Crippen LogP contribution is -2.21. The summed E-state index contributed by atoms with van der Waals surface area (Å²) in [6, 6.07) is 7.06. The van der Waals surface area contributed by atoms with Gasteiger partial charge in [-0.2, -0.15) is 0 Å². The van der Waals surface area contributed by atoms with Crippen molar-refractivity contribution >= 4 is 0 Å². The lowest BCUT2D eigenvalue weighted by atomic mass is 9.92. The zero-order valence-corrected chi connectivity index (χ0v) is 35.6. The van der Waals surface area contributed by atoms with Crippen LogP contribution in [0.5, 0.6) is 0 Å². The number of hydrogen-bond acceptors (Lipinski definition) is 3. The predicted molar refractivity (Wildman–Crippen MR) is 225 cm³/mol. The highest BCUT2D eigenvalue weighted by atomic mass is 16.1. The Morgan fingerprint density at radius 2 is 1.14 bits per heavy atom. The minimum atomic E-state index is 0.0504. The molecule has 49 heavy (non-hydrogen) atoms. The molecule has 5 heteroatoms. The van der Waals surface area contributed by atoms with Gasteiger partial charge in [0.2, 0.25) is 5.56 Å². The van der Waals surface area contributed by atoms with E-state index in [0.29, 0.717) is 12.0 Å². The van der Waals surface area contributed by atoms with Crippen LogP contribution in [-0.4, -0.2) is 22.2 Å². The lowest BCUT2D eigenvalue weighted by Gasteiger charge is -2.16. The molecule has 0 unspecified atom stereocenters. The largest absolute Gasteiger partial charge is 0.352 e. The Morgan fingerprint density at radius 3 is 1.45 bits per heavy atom. The van der Waals surface area contributed by atoms with Crippen LogP contribution in [-0.2, 0) is 7.05 Å². The molecule has 1 aliphatic carbocycles. The molecule has 1 N–H and O–H groups in total. The summed E-state index contributed by atoms with van der Waals surface area (Å²) in [4.78, 5) is 21.6. The minimum Gasteiger partial charge on any atom is -0.352 e. The Bertz CT molecular complexity index is 1100. The van der Waals surface area contributed by atoms with Crippen molar-refractivity contribution in [2.24, 2.45) is 18.9 Å². The summed E-state index contributed by atoms with van der Waals surface area (Å²) in [5, 5.41) is 3.29. The standard InChI is InChI=1S/C9H13NO.C9H16.C8H11NO.C8H15N.4C2H6.C2H4/c1-7(2)8-4-5-9(11)10(3)6-8;1-8(2)9-6-4-3-5-7-9;1-7(2)9-5-3-8(10)4-6-9;1-7(2)8-3-5-9-6-4-8;5*1-2/h4-7H,1-3H3;6,8H,3-5,7H2,1-2H3;3-7H,1-2H3;3,7,9H,4-6H2,1-2H3;4*1-2H3;1-2H2. The second-order valence-electron chi connectivity index (χ2n) is 11.7. The van der Waals surface area contributed by atoms with E-state index in [-0.39, 0.29) is 11.0 Å². The normalized spacial score (nSPS) is 12.4. The van der Waals surface area contributed by atoms with Gasteiger partial charge in [-0.3, -0.25) is 9.59 Å².